The molecule has 0 unspecified atom stereocenters. The number of nitrogens with two attached hydrogens (primary N) is 1. The van der Waals surface area contributed by atoms with Crippen LogP contribution in [0.1, 0.15) is 16.8 Å². The molecule has 1 aliphatic rings. The zero-order valence-electron chi connectivity index (χ0n) is 9.27. The number of rotatable bonds is 4. The zero-order chi connectivity index (χ0) is 12.3. The number of carbonyl (C=O) groups is 1. The van der Waals surface area contributed by atoms with E-state index >= 15 is 0 Å². The van der Waals surface area contributed by atoms with Crippen molar-refractivity contribution in [3.63, 3.8) is 0 Å². The molecule has 1 aromatic rings. The Morgan fingerprint density at radius 3 is 2.94 bits per heavy atom. The van der Waals surface area contributed by atoms with Gasteiger partial charge < -0.3 is 15.8 Å². The predicted octanol–water partition coefficient (Wildman–Crippen LogP) is 0.589. The highest BCUT2D eigenvalue weighted by atomic mass is 16.5. The van der Waals surface area contributed by atoms with Gasteiger partial charge in [0, 0.05) is 18.7 Å². The van der Waals surface area contributed by atoms with Crippen molar-refractivity contribution in [2.75, 3.05) is 24.2 Å². The molecule has 1 heterocycles. The van der Waals surface area contributed by atoms with Gasteiger partial charge in [-0.05, 0) is 24.6 Å². The van der Waals surface area contributed by atoms with E-state index < -0.39 is 5.91 Å². The summed E-state index contributed by atoms with van der Waals surface area (Å²) in [6.07, 6.45) is 1.24. The van der Waals surface area contributed by atoms with Crippen LogP contribution in [0.4, 0.5) is 11.4 Å². The third-order valence-corrected chi connectivity index (χ3v) is 2.73. The molecule has 0 saturated carbocycles. The van der Waals surface area contributed by atoms with Crippen LogP contribution < -0.4 is 16.5 Å². The number of nitrogen functional groups attached to an aromatic ring is 1. The summed E-state index contributed by atoms with van der Waals surface area (Å²) < 4.78 is 5.27. The van der Waals surface area contributed by atoms with Gasteiger partial charge in [-0.1, -0.05) is 0 Å². The summed E-state index contributed by atoms with van der Waals surface area (Å²) in [7, 11) is 0. The first-order chi connectivity index (χ1) is 8.20. The Bertz CT molecular complexity index is 418. The number of benzene rings is 1. The van der Waals surface area contributed by atoms with Crippen LogP contribution in [0.25, 0.3) is 0 Å². The number of hydroxylamine groups is 1. The Labute approximate surface area is 98.7 Å². The molecule has 0 bridgehead atoms. The maximum Gasteiger partial charge on any atom is 0.274 e. The lowest BCUT2D eigenvalue weighted by atomic mass is 10.1. The van der Waals surface area contributed by atoms with Crippen molar-refractivity contribution in [3.8, 4) is 0 Å². The Kier molecular flexibility index (Phi) is 3.46. The summed E-state index contributed by atoms with van der Waals surface area (Å²) in [5.74, 6) is -0.562. The summed E-state index contributed by atoms with van der Waals surface area (Å²) in [5, 5.41) is 11.7. The van der Waals surface area contributed by atoms with Crippen LogP contribution >= 0.6 is 0 Å². The van der Waals surface area contributed by atoms with E-state index in [9.17, 15) is 4.79 Å². The first kappa shape index (κ1) is 11.7. The van der Waals surface area contributed by atoms with Crippen molar-refractivity contribution in [1.29, 1.82) is 0 Å². The summed E-state index contributed by atoms with van der Waals surface area (Å²) in [6, 6.07) is 4.76. The van der Waals surface area contributed by atoms with Gasteiger partial charge in [-0.3, -0.25) is 10.0 Å². The summed E-state index contributed by atoms with van der Waals surface area (Å²) in [6.45, 7) is 1.46. The topological polar surface area (TPSA) is 96.6 Å². The second-order valence-electron chi connectivity index (χ2n) is 3.91. The summed E-state index contributed by atoms with van der Waals surface area (Å²) in [4.78, 5) is 11.2. The van der Waals surface area contributed by atoms with Gasteiger partial charge in [-0.25, -0.2) is 5.48 Å². The second-order valence-corrected chi connectivity index (χ2v) is 3.91. The maximum atomic E-state index is 11.2. The predicted molar refractivity (Wildman–Crippen MR) is 63.0 cm³/mol. The van der Waals surface area contributed by atoms with Gasteiger partial charge in [0.15, 0.2) is 0 Å². The zero-order valence-corrected chi connectivity index (χ0v) is 9.27. The molecule has 1 aliphatic heterocycles. The van der Waals surface area contributed by atoms with Gasteiger partial charge >= 0.3 is 0 Å². The van der Waals surface area contributed by atoms with Crippen LogP contribution in [0, 0.1) is 0 Å². The van der Waals surface area contributed by atoms with Gasteiger partial charge in [0.1, 0.15) is 0 Å². The number of anilines is 2. The van der Waals surface area contributed by atoms with E-state index in [2.05, 4.69) is 5.32 Å². The molecule has 6 heteroatoms. The lowest BCUT2D eigenvalue weighted by Gasteiger charge is -2.27. The lowest BCUT2D eigenvalue weighted by Crippen LogP contribution is -2.33. The molecule has 0 aromatic heterocycles. The maximum absolute atomic E-state index is 11.2. The molecular formula is C11H15N3O3. The quantitative estimate of drug-likeness (QED) is 0.349. The van der Waals surface area contributed by atoms with E-state index in [1.165, 1.54) is 0 Å². The number of carbonyl (C=O) groups excluding carboxylic acids is 1. The molecule has 0 spiro atoms. The Balaban J connectivity index is 2.05. The molecule has 0 aliphatic carbocycles. The third-order valence-electron chi connectivity index (χ3n) is 2.73. The highest BCUT2D eigenvalue weighted by Crippen LogP contribution is 2.21. The van der Waals surface area contributed by atoms with Gasteiger partial charge in [0.2, 0.25) is 0 Å². The van der Waals surface area contributed by atoms with E-state index in [1.54, 1.807) is 23.7 Å². The molecule has 1 aromatic carbocycles. The van der Waals surface area contributed by atoms with Crippen LogP contribution in [-0.2, 0) is 4.74 Å². The summed E-state index contributed by atoms with van der Waals surface area (Å²) >= 11 is 0. The Hall–Kier alpha value is -1.79. The van der Waals surface area contributed by atoms with Crippen molar-refractivity contribution < 1.29 is 14.7 Å². The average molecular weight is 237 g/mol. The molecule has 2 rings (SSSR count). The van der Waals surface area contributed by atoms with Gasteiger partial charge in [0.25, 0.3) is 5.91 Å². The van der Waals surface area contributed by atoms with E-state index in [-0.39, 0.29) is 6.10 Å². The average Bonchev–Trinajstić information content (AvgIpc) is 2.28. The molecule has 5 N–H and O–H groups in total. The molecular weight excluding hydrogens is 222 g/mol. The number of ether oxygens (including phenoxy) is 1. The monoisotopic (exact) mass is 237 g/mol. The van der Waals surface area contributed by atoms with Gasteiger partial charge in [-0.2, -0.15) is 0 Å². The van der Waals surface area contributed by atoms with Crippen LogP contribution in [0.15, 0.2) is 18.2 Å². The van der Waals surface area contributed by atoms with Crippen LogP contribution in [0.3, 0.4) is 0 Å². The van der Waals surface area contributed by atoms with E-state index in [0.29, 0.717) is 23.5 Å². The Morgan fingerprint density at radius 1 is 1.59 bits per heavy atom. The number of hydrogen-bond donors (Lipinski definition) is 4. The van der Waals surface area contributed by atoms with E-state index in [1.807, 2.05) is 0 Å². The number of amides is 1. The largest absolute Gasteiger partial charge is 0.397 e. The van der Waals surface area contributed by atoms with E-state index in [0.717, 1.165) is 13.0 Å². The van der Waals surface area contributed by atoms with Crippen molar-refractivity contribution in [3.05, 3.63) is 23.8 Å². The van der Waals surface area contributed by atoms with Crippen molar-refractivity contribution in [1.82, 2.24) is 5.48 Å². The molecule has 92 valence electrons. The first-order valence-corrected chi connectivity index (χ1v) is 5.40. The van der Waals surface area contributed by atoms with Crippen molar-refractivity contribution in [2.45, 2.75) is 12.5 Å². The minimum atomic E-state index is -0.562. The highest BCUT2D eigenvalue weighted by Gasteiger charge is 2.18. The van der Waals surface area contributed by atoms with E-state index in [4.69, 9.17) is 15.7 Å². The first-order valence-electron chi connectivity index (χ1n) is 5.40. The third kappa shape index (κ3) is 2.66. The van der Waals surface area contributed by atoms with Gasteiger partial charge in [-0.15, -0.1) is 0 Å². The second kappa shape index (κ2) is 5.03. The fraction of sp³-hybridized carbons (Fsp3) is 0.364. The minimum Gasteiger partial charge on any atom is -0.397 e. The fourth-order valence-corrected chi connectivity index (χ4v) is 1.58. The molecule has 1 saturated heterocycles. The number of nitrogens with one attached hydrogen (secondary N) is 2. The molecule has 0 radical (unpaired) electrons. The Morgan fingerprint density at radius 2 is 2.35 bits per heavy atom. The molecule has 1 amide bonds. The molecule has 1 fully saturated rings. The minimum absolute atomic E-state index is 0.213. The lowest BCUT2D eigenvalue weighted by molar-refractivity contribution is -0.0410. The molecule has 1 atom stereocenters. The van der Waals surface area contributed by atoms with Crippen molar-refractivity contribution in [2.24, 2.45) is 0 Å². The molecule has 6 nitrogen and oxygen atoms in total. The van der Waals surface area contributed by atoms with Crippen molar-refractivity contribution >= 4 is 17.3 Å². The van der Waals surface area contributed by atoms with Crippen LogP contribution in [0.2, 0.25) is 0 Å². The SMILES string of the molecule is Nc1ccc(C(=O)NO)cc1NC[C@@H]1CCO1. The fourth-order valence-electron chi connectivity index (χ4n) is 1.58. The van der Waals surface area contributed by atoms with Gasteiger partial charge in [0.05, 0.1) is 17.5 Å². The standard InChI is InChI=1S/C11H15N3O3/c12-9-2-1-7(11(15)14-16)5-10(9)13-6-8-3-4-17-8/h1-2,5,8,13,16H,3-4,6,12H2,(H,14,15)/t8-/m0/s1. The number of hydrogen-bond acceptors (Lipinski definition) is 5. The summed E-state index contributed by atoms with van der Waals surface area (Å²) in [5.41, 5.74) is 8.93. The normalized spacial score (nSPS) is 18.3. The molecule has 17 heavy (non-hydrogen) atoms. The van der Waals surface area contributed by atoms with Crippen LogP contribution in [0.5, 0.6) is 0 Å². The van der Waals surface area contributed by atoms with Crippen LogP contribution in [-0.4, -0.2) is 30.4 Å². The highest BCUT2D eigenvalue weighted by molar-refractivity contribution is 5.95. The smallest absolute Gasteiger partial charge is 0.274 e.